The first kappa shape index (κ1) is 8.44. The van der Waals surface area contributed by atoms with Crippen LogP contribution in [0.3, 0.4) is 0 Å². The van der Waals surface area contributed by atoms with E-state index in [0.29, 0.717) is 11.6 Å². The van der Waals surface area contributed by atoms with Crippen molar-refractivity contribution in [2.24, 2.45) is 0 Å². The molecular formula is C9H13N3O. The number of hydrogen-bond acceptors (Lipinski definition) is 4. The van der Waals surface area contributed by atoms with Gasteiger partial charge in [-0.3, -0.25) is 0 Å². The minimum atomic E-state index is 0.356. The molecule has 1 aromatic rings. The van der Waals surface area contributed by atoms with Gasteiger partial charge in [0.25, 0.3) is 0 Å². The van der Waals surface area contributed by atoms with Gasteiger partial charge in [0.05, 0.1) is 24.7 Å². The van der Waals surface area contributed by atoms with E-state index in [9.17, 15) is 0 Å². The van der Waals surface area contributed by atoms with E-state index in [1.165, 1.54) is 0 Å². The quantitative estimate of drug-likeness (QED) is 0.697. The van der Waals surface area contributed by atoms with Gasteiger partial charge in [-0.05, 0) is 12.8 Å². The Morgan fingerprint density at radius 2 is 2.15 bits per heavy atom. The van der Waals surface area contributed by atoms with Gasteiger partial charge < -0.3 is 10.5 Å². The largest absolute Gasteiger partial charge is 0.396 e. The van der Waals surface area contributed by atoms with Crippen molar-refractivity contribution in [1.82, 2.24) is 9.97 Å². The highest BCUT2D eigenvalue weighted by molar-refractivity contribution is 5.30. The third-order valence-electron chi connectivity index (χ3n) is 2.22. The number of nitrogens with two attached hydrogens (primary N) is 1. The molecule has 70 valence electrons. The highest BCUT2D eigenvalue weighted by Crippen LogP contribution is 2.21. The standard InChI is InChI=1S/C9H13N3O/c10-8-4-11-9(12-5-8)7-2-1-3-13-6-7/h4-5,7H,1-3,6,10H2. The number of nitrogen functional groups attached to an aromatic ring is 1. The van der Waals surface area contributed by atoms with Crippen molar-refractivity contribution in [3.8, 4) is 0 Å². The summed E-state index contributed by atoms with van der Waals surface area (Å²) < 4.78 is 5.36. The minimum absolute atomic E-state index is 0.356. The van der Waals surface area contributed by atoms with E-state index in [2.05, 4.69) is 9.97 Å². The Balaban J connectivity index is 2.10. The highest BCUT2D eigenvalue weighted by Gasteiger charge is 2.17. The number of ether oxygens (including phenoxy) is 1. The fourth-order valence-corrected chi connectivity index (χ4v) is 1.50. The summed E-state index contributed by atoms with van der Waals surface area (Å²) in [5.74, 6) is 1.21. The fourth-order valence-electron chi connectivity index (χ4n) is 1.50. The Morgan fingerprint density at radius 3 is 2.77 bits per heavy atom. The van der Waals surface area contributed by atoms with E-state index < -0.39 is 0 Å². The van der Waals surface area contributed by atoms with Gasteiger partial charge in [-0.2, -0.15) is 0 Å². The second kappa shape index (κ2) is 3.70. The molecule has 1 saturated heterocycles. The maximum absolute atomic E-state index is 5.50. The zero-order chi connectivity index (χ0) is 9.10. The average Bonchev–Trinajstić information content (AvgIpc) is 2.20. The third kappa shape index (κ3) is 1.95. The van der Waals surface area contributed by atoms with Gasteiger partial charge in [-0.15, -0.1) is 0 Å². The normalized spacial score (nSPS) is 22.9. The summed E-state index contributed by atoms with van der Waals surface area (Å²) in [6, 6.07) is 0. The van der Waals surface area contributed by atoms with Crippen LogP contribution in [0.25, 0.3) is 0 Å². The van der Waals surface area contributed by atoms with Crippen LogP contribution in [0.5, 0.6) is 0 Å². The van der Waals surface area contributed by atoms with Crippen LogP contribution in [-0.2, 0) is 4.74 Å². The number of anilines is 1. The van der Waals surface area contributed by atoms with Crippen LogP contribution in [0.4, 0.5) is 5.69 Å². The molecule has 1 aliphatic rings. The number of nitrogens with zero attached hydrogens (tertiary/aromatic N) is 2. The molecule has 1 unspecified atom stereocenters. The summed E-state index contributed by atoms with van der Waals surface area (Å²) in [4.78, 5) is 8.37. The Kier molecular flexibility index (Phi) is 2.40. The Bertz CT molecular complexity index is 267. The molecule has 0 radical (unpaired) electrons. The first-order valence-electron chi connectivity index (χ1n) is 4.51. The monoisotopic (exact) mass is 179 g/mol. The van der Waals surface area contributed by atoms with E-state index in [1.807, 2.05) is 0 Å². The molecule has 1 aromatic heterocycles. The summed E-state index contributed by atoms with van der Waals surface area (Å²) in [5.41, 5.74) is 6.11. The van der Waals surface area contributed by atoms with Crippen molar-refractivity contribution in [1.29, 1.82) is 0 Å². The molecule has 2 rings (SSSR count). The van der Waals surface area contributed by atoms with Crippen LogP contribution in [0.1, 0.15) is 24.6 Å². The van der Waals surface area contributed by atoms with E-state index in [-0.39, 0.29) is 0 Å². The smallest absolute Gasteiger partial charge is 0.133 e. The highest BCUT2D eigenvalue weighted by atomic mass is 16.5. The SMILES string of the molecule is Nc1cnc(C2CCCOC2)nc1. The second-order valence-corrected chi connectivity index (χ2v) is 3.29. The number of hydrogen-bond donors (Lipinski definition) is 1. The second-order valence-electron chi connectivity index (χ2n) is 3.29. The maximum Gasteiger partial charge on any atom is 0.133 e. The van der Waals surface area contributed by atoms with Gasteiger partial charge in [0.1, 0.15) is 5.82 Å². The first-order valence-corrected chi connectivity index (χ1v) is 4.51. The van der Waals surface area contributed by atoms with Crippen LogP contribution < -0.4 is 5.73 Å². The molecule has 1 atom stereocenters. The van der Waals surface area contributed by atoms with Crippen molar-refractivity contribution < 1.29 is 4.74 Å². The molecule has 13 heavy (non-hydrogen) atoms. The van der Waals surface area contributed by atoms with Crippen molar-refractivity contribution in [2.45, 2.75) is 18.8 Å². The van der Waals surface area contributed by atoms with Crippen LogP contribution in [0.15, 0.2) is 12.4 Å². The van der Waals surface area contributed by atoms with Gasteiger partial charge in [0.2, 0.25) is 0 Å². The van der Waals surface area contributed by atoms with Crippen molar-refractivity contribution in [3.05, 3.63) is 18.2 Å². The summed E-state index contributed by atoms with van der Waals surface area (Å²) >= 11 is 0. The topological polar surface area (TPSA) is 61.0 Å². The van der Waals surface area contributed by atoms with Crippen molar-refractivity contribution in [2.75, 3.05) is 18.9 Å². The Morgan fingerprint density at radius 1 is 1.38 bits per heavy atom. The fraction of sp³-hybridized carbons (Fsp3) is 0.556. The summed E-state index contributed by atoms with van der Waals surface area (Å²) in [5, 5.41) is 0. The van der Waals surface area contributed by atoms with Crippen LogP contribution in [0, 0.1) is 0 Å². The zero-order valence-electron chi connectivity index (χ0n) is 7.44. The zero-order valence-corrected chi connectivity index (χ0v) is 7.44. The predicted molar refractivity (Wildman–Crippen MR) is 49.2 cm³/mol. The molecule has 2 heterocycles. The van der Waals surface area contributed by atoms with Crippen molar-refractivity contribution >= 4 is 5.69 Å². The molecule has 0 aliphatic carbocycles. The lowest BCUT2D eigenvalue weighted by Crippen LogP contribution is -2.17. The summed E-state index contributed by atoms with van der Waals surface area (Å²) in [7, 11) is 0. The molecule has 2 N–H and O–H groups in total. The molecule has 1 fully saturated rings. The van der Waals surface area contributed by atoms with Gasteiger partial charge in [-0.25, -0.2) is 9.97 Å². The first-order chi connectivity index (χ1) is 6.36. The molecular weight excluding hydrogens is 166 g/mol. The third-order valence-corrected chi connectivity index (χ3v) is 2.22. The average molecular weight is 179 g/mol. The molecule has 0 aromatic carbocycles. The lowest BCUT2D eigenvalue weighted by atomic mass is 10.0. The van der Waals surface area contributed by atoms with Crippen LogP contribution in [0.2, 0.25) is 0 Å². The number of aromatic nitrogens is 2. The Labute approximate surface area is 77.1 Å². The summed E-state index contributed by atoms with van der Waals surface area (Å²) in [6.45, 7) is 1.61. The number of rotatable bonds is 1. The lowest BCUT2D eigenvalue weighted by molar-refractivity contribution is 0.0780. The maximum atomic E-state index is 5.50. The van der Waals surface area contributed by atoms with Gasteiger partial charge in [-0.1, -0.05) is 0 Å². The van der Waals surface area contributed by atoms with Crippen LogP contribution in [-0.4, -0.2) is 23.2 Å². The molecule has 0 amide bonds. The minimum Gasteiger partial charge on any atom is -0.396 e. The Hall–Kier alpha value is -1.16. The van der Waals surface area contributed by atoms with Gasteiger partial charge >= 0.3 is 0 Å². The van der Waals surface area contributed by atoms with Gasteiger partial charge in [0.15, 0.2) is 0 Å². The van der Waals surface area contributed by atoms with Crippen molar-refractivity contribution in [3.63, 3.8) is 0 Å². The lowest BCUT2D eigenvalue weighted by Gasteiger charge is -2.20. The van der Waals surface area contributed by atoms with E-state index >= 15 is 0 Å². The molecule has 0 spiro atoms. The van der Waals surface area contributed by atoms with Crippen LogP contribution >= 0.6 is 0 Å². The van der Waals surface area contributed by atoms with Gasteiger partial charge in [0, 0.05) is 12.5 Å². The molecule has 0 saturated carbocycles. The molecule has 1 aliphatic heterocycles. The summed E-state index contributed by atoms with van der Waals surface area (Å²) in [6.07, 6.45) is 5.51. The van der Waals surface area contributed by atoms with E-state index in [1.54, 1.807) is 12.4 Å². The van der Waals surface area contributed by atoms with E-state index in [0.717, 1.165) is 31.9 Å². The van der Waals surface area contributed by atoms with E-state index in [4.69, 9.17) is 10.5 Å². The predicted octanol–water partition coefficient (Wildman–Crippen LogP) is 0.953. The molecule has 4 nitrogen and oxygen atoms in total. The molecule has 4 heteroatoms. The molecule has 0 bridgehead atoms.